The summed E-state index contributed by atoms with van der Waals surface area (Å²) in [7, 11) is 1.53. The monoisotopic (exact) mass is 648 g/mol. The highest BCUT2D eigenvalue weighted by Gasteiger charge is 2.61. The van der Waals surface area contributed by atoms with Gasteiger partial charge in [-0.25, -0.2) is 0 Å². The van der Waals surface area contributed by atoms with Gasteiger partial charge in [0.2, 0.25) is 6.79 Å². The highest BCUT2D eigenvalue weighted by molar-refractivity contribution is 7.99. The molecule has 46 heavy (non-hydrogen) atoms. The summed E-state index contributed by atoms with van der Waals surface area (Å²) in [5, 5.41) is 22.3. The molecule has 242 valence electrons. The van der Waals surface area contributed by atoms with E-state index in [4.69, 9.17) is 29.4 Å². The van der Waals surface area contributed by atoms with Gasteiger partial charge in [0.1, 0.15) is 24.4 Å². The first-order chi connectivity index (χ1) is 22.1. The average Bonchev–Trinajstić information content (AvgIpc) is 3.51. The normalized spacial score (nSPS) is 29.5. The number of methoxy groups -OCH3 is 1. The van der Waals surface area contributed by atoms with E-state index in [9.17, 15) is 20.0 Å². The molecular formula is C33H36N4O8S. The van der Waals surface area contributed by atoms with Crippen LogP contribution in [0.3, 0.4) is 0 Å². The number of hydrogen-bond acceptors (Lipinski definition) is 13. The molecule has 0 aliphatic carbocycles. The van der Waals surface area contributed by atoms with E-state index in [-0.39, 0.29) is 30.9 Å². The molecule has 2 saturated heterocycles. The van der Waals surface area contributed by atoms with Gasteiger partial charge in [0.15, 0.2) is 23.0 Å². The molecule has 5 aliphatic heterocycles. The van der Waals surface area contributed by atoms with Crippen LogP contribution in [0.15, 0.2) is 18.7 Å². The molecule has 7 atom stereocenters. The number of carbonyl (C=O) groups is 2. The summed E-state index contributed by atoms with van der Waals surface area (Å²) in [6, 6.07) is 1.15. The van der Waals surface area contributed by atoms with Crippen LogP contribution < -0.4 is 24.7 Å². The maximum absolute atomic E-state index is 13.0. The fourth-order valence-corrected chi connectivity index (χ4v) is 9.67. The van der Waals surface area contributed by atoms with Gasteiger partial charge < -0.3 is 34.5 Å². The van der Waals surface area contributed by atoms with E-state index >= 15 is 0 Å². The molecule has 13 heteroatoms. The molecule has 2 fully saturated rings. The number of cyclic esters (lactones) is 1. The number of phenolic OH excluding ortho intramolecular Hbond substituents is 1. The molecule has 12 nitrogen and oxygen atoms in total. The van der Waals surface area contributed by atoms with Gasteiger partial charge in [-0.15, -0.1) is 18.3 Å². The highest BCUT2D eigenvalue weighted by Crippen LogP contribution is 2.64. The van der Waals surface area contributed by atoms with Crippen LogP contribution in [0.5, 0.6) is 28.7 Å². The maximum Gasteiger partial charge on any atom is 0.323 e. The minimum absolute atomic E-state index is 0.0365. The lowest BCUT2D eigenvalue weighted by Gasteiger charge is -2.62. The topological polar surface area (TPSA) is 157 Å². The number of nitrogens with zero attached hydrogens (tertiary/aromatic N) is 3. The van der Waals surface area contributed by atoms with Gasteiger partial charge in [-0.3, -0.25) is 19.4 Å². The molecule has 5 aliphatic rings. The van der Waals surface area contributed by atoms with Crippen molar-refractivity contribution in [2.45, 2.75) is 68.7 Å². The predicted octanol–water partition coefficient (Wildman–Crippen LogP) is 3.12. The van der Waals surface area contributed by atoms with Crippen molar-refractivity contribution >= 4 is 23.7 Å². The smallest absolute Gasteiger partial charge is 0.323 e. The summed E-state index contributed by atoms with van der Waals surface area (Å²) in [6.07, 6.45) is 2.30. The standard InChI is InChI=1S/C33H36N4O8S/c1-6-7-36-19-9-17-8-14(2)28(41-5)27(39)22(17)25(36)26-32-24-23(31-30(43-13-44-31)15(3)29(24)45-16(4)38)21(37(26)20(19)10-34)11-42-33(40)18(35)12-46-32/h6,8,18-21,25-26,32,39H,1,7,9,11-13,35H2,2-5H3/t18?,19-,20+,21+,25-,26?,32-/m1/s1. The average molecular weight is 649 g/mol. The number of rotatable bonds is 4. The molecule has 7 rings (SSSR count). The number of nitrogens with two attached hydrogens (primary N) is 1. The first-order valence-corrected chi connectivity index (χ1v) is 16.3. The van der Waals surface area contributed by atoms with E-state index in [0.29, 0.717) is 58.2 Å². The molecule has 3 N–H and O–H groups in total. The van der Waals surface area contributed by atoms with Gasteiger partial charge in [0.25, 0.3) is 0 Å². The van der Waals surface area contributed by atoms with Gasteiger partial charge >= 0.3 is 11.9 Å². The van der Waals surface area contributed by atoms with Crippen LogP contribution in [-0.4, -0.2) is 83.8 Å². The fourth-order valence-electron chi connectivity index (χ4n) is 8.23. The van der Waals surface area contributed by atoms with Crippen molar-refractivity contribution < 1.29 is 38.4 Å². The number of phenols is 1. The summed E-state index contributed by atoms with van der Waals surface area (Å²) in [5.41, 5.74) is 10.8. The number of piperazine rings is 1. The Morgan fingerprint density at radius 1 is 1.24 bits per heavy atom. The number of aromatic hydroxyl groups is 1. The van der Waals surface area contributed by atoms with E-state index in [1.54, 1.807) is 6.08 Å². The molecule has 5 heterocycles. The van der Waals surface area contributed by atoms with Crippen molar-refractivity contribution in [1.29, 1.82) is 5.26 Å². The van der Waals surface area contributed by atoms with Gasteiger partial charge in [-0.05, 0) is 31.4 Å². The van der Waals surface area contributed by atoms with Crippen LogP contribution in [-0.2, 0) is 20.7 Å². The SMILES string of the molecule is C=CCN1[C@@H]2c3c(cc(C)c(OC)c3O)C[C@@H]1[C@H](C#N)N1C2[C@@H]2SCC(N)C(=O)OC[C@H]1c1c3c(c(C)c(OC(C)=O)c12)OCO3. The van der Waals surface area contributed by atoms with E-state index in [2.05, 4.69) is 22.4 Å². The Morgan fingerprint density at radius 3 is 2.70 bits per heavy atom. The third-order valence-electron chi connectivity index (χ3n) is 9.85. The fraction of sp³-hybridized carbons (Fsp3) is 0.485. The van der Waals surface area contributed by atoms with Crippen molar-refractivity contribution in [2.75, 3.05) is 32.8 Å². The molecule has 0 amide bonds. The van der Waals surface area contributed by atoms with Crippen LogP contribution in [0.2, 0.25) is 0 Å². The summed E-state index contributed by atoms with van der Waals surface area (Å²) in [4.78, 5) is 30.0. The molecule has 0 spiro atoms. The van der Waals surface area contributed by atoms with Crippen LogP contribution in [0.4, 0.5) is 0 Å². The second-order valence-electron chi connectivity index (χ2n) is 12.3. The lowest BCUT2D eigenvalue weighted by molar-refractivity contribution is -0.150. The lowest BCUT2D eigenvalue weighted by Crippen LogP contribution is -2.70. The van der Waals surface area contributed by atoms with Crippen molar-refractivity contribution in [3.05, 3.63) is 52.1 Å². The number of nitriles is 1. The summed E-state index contributed by atoms with van der Waals surface area (Å²) in [6.45, 7) is 9.38. The minimum Gasteiger partial charge on any atom is -0.504 e. The van der Waals surface area contributed by atoms with Crippen LogP contribution in [0.1, 0.15) is 57.6 Å². The zero-order chi connectivity index (χ0) is 32.6. The largest absolute Gasteiger partial charge is 0.504 e. The molecule has 0 radical (unpaired) electrons. The number of benzene rings is 2. The molecule has 4 bridgehead atoms. The Kier molecular flexibility index (Phi) is 7.59. The number of carbonyl (C=O) groups excluding carboxylic acids is 2. The van der Waals surface area contributed by atoms with E-state index in [0.717, 1.165) is 11.1 Å². The molecule has 2 aromatic carbocycles. The van der Waals surface area contributed by atoms with Crippen LogP contribution in [0.25, 0.3) is 0 Å². The van der Waals surface area contributed by atoms with E-state index in [1.807, 2.05) is 19.9 Å². The summed E-state index contributed by atoms with van der Waals surface area (Å²) in [5.74, 6) is 0.861. The molecule has 0 aromatic heterocycles. The number of ether oxygens (including phenoxy) is 5. The van der Waals surface area contributed by atoms with E-state index in [1.165, 1.54) is 25.8 Å². The summed E-state index contributed by atoms with van der Waals surface area (Å²) >= 11 is 1.43. The lowest BCUT2D eigenvalue weighted by atomic mass is 9.71. The van der Waals surface area contributed by atoms with E-state index < -0.39 is 47.4 Å². The Morgan fingerprint density at radius 2 is 2.00 bits per heavy atom. The van der Waals surface area contributed by atoms with Crippen molar-refractivity contribution in [3.63, 3.8) is 0 Å². The maximum atomic E-state index is 13.0. The van der Waals surface area contributed by atoms with Crippen LogP contribution in [0, 0.1) is 25.2 Å². The van der Waals surface area contributed by atoms with Crippen molar-refractivity contribution in [2.24, 2.45) is 5.73 Å². The zero-order valence-electron chi connectivity index (χ0n) is 26.1. The second kappa shape index (κ2) is 11.4. The van der Waals surface area contributed by atoms with Crippen LogP contribution >= 0.6 is 11.8 Å². The Hall–Kier alpha value is -3.96. The van der Waals surface area contributed by atoms with Crippen molar-refractivity contribution in [1.82, 2.24) is 9.80 Å². The highest BCUT2D eigenvalue weighted by atomic mass is 32.2. The third kappa shape index (κ3) is 4.31. The minimum atomic E-state index is -0.907. The zero-order valence-corrected chi connectivity index (χ0v) is 26.9. The number of aryl methyl sites for hydroxylation is 1. The predicted molar refractivity (Wildman–Crippen MR) is 167 cm³/mol. The van der Waals surface area contributed by atoms with Gasteiger partial charge in [-0.2, -0.15) is 5.26 Å². The Bertz CT molecular complexity index is 1710. The summed E-state index contributed by atoms with van der Waals surface area (Å²) < 4.78 is 29.6. The first-order valence-electron chi connectivity index (χ1n) is 15.2. The molecule has 2 aromatic rings. The Balaban J connectivity index is 1.58. The number of hydrogen-bond donors (Lipinski definition) is 2. The third-order valence-corrected chi connectivity index (χ3v) is 11.3. The number of thioether (sulfide) groups is 1. The quantitative estimate of drug-likeness (QED) is 0.284. The molecule has 2 unspecified atom stereocenters. The van der Waals surface area contributed by atoms with Gasteiger partial charge in [-0.1, -0.05) is 12.1 Å². The second-order valence-corrected chi connectivity index (χ2v) is 13.5. The van der Waals surface area contributed by atoms with Gasteiger partial charge in [0, 0.05) is 53.6 Å². The van der Waals surface area contributed by atoms with Gasteiger partial charge in [0.05, 0.1) is 30.5 Å². The molecule has 0 saturated carbocycles. The molecular weight excluding hydrogens is 612 g/mol. The Labute approximate surface area is 270 Å². The number of fused-ring (bicyclic) bond motifs is 9. The van der Waals surface area contributed by atoms with Crippen molar-refractivity contribution in [3.8, 4) is 34.8 Å². The first kappa shape index (κ1) is 30.7. The number of esters is 2.